The van der Waals surface area contributed by atoms with Crippen molar-refractivity contribution in [3.63, 3.8) is 0 Å². The number of hydrogen-bond donors (Lipinski definition) is 3. The average Bonchev–Trinajstić information content (AvgIpc) is 2.85. The summed E-state index contributed by atoms with van der Waals surface area (Å²) < 4.78 is 0. The SMILES string of the molecule is NCC1CCC2(CC1)NCc1[nH]cnc12. The lowest BCUT2D eigenvalue weighted by atomic mass is 9.75. The summed E-state index contributed by atoms with van der Waals surface area (Å²) in [4.78, 5) is 7.69. The lowest BCUT2D eigenvalue weighted by Gasteiger charge is -2.36. The summed E-state index contributed by atoms with van der Waals surface area (Å²) in [5.41, 5.74) is 8.43. The van der Waals surface area contributed by atoms with Crippen LogP contribution in [0.1, 0.15) is 37.1 Å². The van der Waals surface area contributed by atoms with Gasteiger partial charge in [-0.05, 0) is 38.1 Å². The van der Waals surface area contributed by atoms with Crippen molar-refractivity contribution in [2.75, 3.05) is 6.54 Å². The topological polar surface area (TPSA) is 66.7 Å². The fraction of sp³-hybridized carbons (Fsp3) is 0.727. The molecule has 4 heteroatoms. The van der Waals surface area contributed by atoms with Gasteiger partial charge in [0.1, 0.15) is 0 Å². The Kier molecular flexibility index (Phi) is 2.07. The molecule has 0 amide bonds. The molecule has 0 saturated heterocycles. The molecular formula is C11H18N4. The first kappa shape index (κ1) is 9.36. The summed E-state index contributed by atoms with van der Waals surface area (Å²) in [7, 11) is 0. The van der Waals surface area contributed by atoms with Crippen molar-refractivity contribution < 1.29 is 0 Å². The van der Waals surface area contributed by atoms with E-state index in [0.717, 1.165) is 19.0 Å². The van der Waals surface area contributed by atoms with Crippen LogP contribution in [0, 0.1) is 5.92 Å². The molecule has 4 N–H and O–H groups in total. The van der Waals surface area contributed by atoms with Crippen LogP contribution in [0.5, 0.6) is 0 Å². The zero-order chi connectivity index (χ0) is 10.3. The van der Waals surface area contributed by atoms with Gasteiger partial charge in [-0.25, -0.2) is 4.98 Å². The Morgan fingerprint density at radius 1 is 1.47 bits per heavy atom. The summed E-state index contributed by atoms with van der Waals surface area (Å²) in [6.45, 7) is 1.78. The second-order valence-corrected chi connectivity index (χ2v) is 4.84. The Balaban J connectivity index is 1.83. The van der Waals surface area contributed by atoms with Crippen LogP contribution in [0.2, 0.25) is 0 Å². The molecule has 0 radical (unpaired) electrons. The molecule has 1 aliphatic heterocycles. The van der Waals surface area contributed by atoms with E-state index in [0.29, 0.717) is 0 Å². The van der Waals surface area contributed by atoms with Crippen LogP contribution >= 0.6 is 0 Å². The van der Waals surface area contributed by atoms with Crippen molar-refractivity contribution in [1.29, 1.82) is 0 Å². The molecular weight excluding hydrogens is 188 g/mol. The highest BCUT2D eigenvalue weighted by molar-refractivity contribution is 5.27. The maximum Gasteiger partial charge on any atom is 0.0926 e. The number of aromatic nitrogens is 2. The van der Waals surface area contributed by atoms with Crippen molar-refractivity contribution in [2.24, 2.45) is 11.7 Å². The molecule has 2 aliphatic rings. The molecule has 3 rings (SSSR count). The molecule has 0 atom stereocenters. The minimum absolute atomic E-state index is 0.168. The predicted molar refractivity (Wildman–Crippen MR) is 58.1 cm³/mol. The van der Waals surface area contributed by atoms with Crippen LogP contribution in [-0.2, 0) is 12.1 Å². The normalized spacial score (nSPS) is 34.6. The fourth-order valence-corrected chi connectivity index (χ4v) is 3.03. The highest BCUT2D eigenvalue weighted by Crippen LogP contribution is 2.42. The van der Waals surface area contributed by atoms with Crippen LogP contribution in [0.15, 0.2) is 6.33 Å². The number of fused-ring (bicyclic) bond motifs is 2. The van der Waals surface area contributed by atoms with E-state index in [2.05, 4.69) is 15.3 Å². The Morgan fingerprint density at radius 2 is 2.27 bits per heavy atom. The number of hydrogen-bond acceptors (Lipinski definition) is 3. The van der Waals surface area contributed by atoms with Gasteiger partial charge >= 0.3 is 0 Å². The van der Waals surface area contributed by atoms with Crippen molar-refractivity contribution in [3.05, 3.63) is 17.7 Å². The first-order valence-corrected chi connectivity index (χ1v) is 5.82. The lowest BCUT2D eigenvalue weighted by Crippen LogP contribution is -2.41. The van der Waals surface area contributed by atoms with Crippen LogP contribution in [0.3, 0.4) is 0 Å². The second-order valence-electron chi connectivity index (χ2n) is 4.84. The molecule has 0 aromatic carbocycles. The molecule has 1 aliphatic carbocycles. The number of nitrogens with two attached hydrogens (primary N) is 1. The van der Waals surface area contributed by atoms with E-state index < -0.39 is 0 Å². The van der Waals surface area contributed by atoms with Crippen LogP contribution < -0.4 is 11.1 Å². The van der Waals surface area contributed by atoms with Gasteiger partial charge in [-0.1, -0.05) is 0 Å². The van der Waals surface area contributed by atoms with Gasteiger partial charge in [0, 0.05) is 6.54 Å². The van der Waals surface area contributed by atoms with E-state index in [1.807, 2.05) is 6.33 Å². The number of H-pyrrole nitrogens is 1. The number of nitrogens with one attached hydrogen (secondary N) is 2. The third-order valence-electron chi connectivity index (χ3n) is 4.07. The smallest absolute Gasteiger partial charge is 0.0926 e. The molecule has 1 aromatic heterocycles. The minimum Gasteiger partial charge on any atom is -0.347 e. The summed E-state index contributed by atoms with van der Waals surface area (Å²) in [6, 6.07) is 0. The lowest BCUT2D eigenvalue weighted by molar-refractivity contribution is 0.200. The zero-order valence-electron chi connectivity index (χ0n) is 8.92. The van der Waals surface area contributed by atoms with Gasteiger partial charge in [0.05, 0.1) is 23.3 Å². The molecule has 82 valence electrons. The van der Waals surface area contributed by atoms with Crippen molar-refractivity contribution >= 4 is 0 Å². The van der Waals surface area contributed by atoms with Gasteiger partial charge in [0.25, 0.3) is 0 Å². The molecule has 2 heterocycles. The molecule has 0 unspecified atom stereocenters. The number of nitrogens with zero attached hydrogens (tertiary/aromatic N) is 1. The average molecular weight is 206 g/mol. The van der Waals surface area contributed by atoms with E-state index in [4.69, 9.17) is 5.73 Å². The number of aromatic amines is 1. The molecule has 0 bridgehead atoms. The van der Waals surface area contributed by atoms with Gasteiger partial charge in [-0.2, -0.15) is 0 Å². The van der Waals surface area contributed by atoms with Crippen LogP contribution in [-0.4, -0.2) is 16.5 Å². The highest BCUT2D eigenvalue weighted by Gasteiger charge is 2.42. The van der Waals surface area contributed by atoms with Gasteiger partial charge in [0.2, 0.25) is 0 Å². The van der Waals surface area contributed by atoms with Gasteiger partial charge in [0.15, 0.2) is 0 Å². The van der Waals surface area contributed by atoms with Crippen LogP contribution in [0.4, 0.5) is 0 Å². The largest absolute Gasteiger partial charge is 0.347 e. The highest BCUT2D eigenvalue weighted by atomic mass is 15.1. The van der Waals surface area contributed by atoms with Crippen molar-refractivity contribution in [3.8, 4) is 0 Å². The van der Waals surface area contributed by atoms with Gasteiger partial charge in [-0.3, -0.25) is 0 Å². The standard InChI is InChI=1S/C11H18N4/c12-5-8-1-3-11(4-2-8)10-9(6-15-11)13-7-14-10/h7-8,15H,1-6,12H2,(H,13,14). The Bertz CT molecular complexity index is 349. The monoisotopic (exact) mass is 206 g/mol. The first-order valence-electron chi connectivity index (χ1n) is 5.82. The minimum atomic E-state index is 0.168. The van der Waals surface area contributed by atoms with E-state index in [-0.39, 0.29) is 5.54 Å². The molecule has 1 spiro atoms. The summed E-state index contributed by atoms with van der Waals surface area (Å²) >= 11 is 0. The van der Waals surface area contributed by atoms with E-state index in [1.165, 1.54) is 37.1 Å². The Morgan fingerprint density at radius 3 is 3.00 bits per heavy atom. The Labute approximate surface area is 89.7 Å². The van der Waals surface area contributed by atoms with Crippen LogP contribution in [0.25, 0.3) is 0 Å². The van der Waals surface area contributed by atoms with E-state index >= 15 is 0 Å². The molecule has 1 saturated carbocycles. The molecule has 1 fully saturated rings. The quantitative estimate of drug-likeness (QED) is 0.638. The summed E-state index contributed by atoms with van der Waals surface area (Å²) in [5.74, 6) is 0.723. The third-order valence-corrected chi connectivity index (χ3v) is 4.07. The predicted octanol–water partition coefficient (Wildman–Crippen LogP) is 0.857. The van der Waals surface area contributed by atoms with Crippen molar-refractivity contribution in [1.82, 2.24) is 15.3 Å². The Hall–Kier alpha value is -0.870. The zero-order valence-corrected chi connectivity index (χ0v) is 8.92. The molecule has 4 nitrogen and oxygen atoms in total. The van der Waals surface area contributed by atoms with E-state index in [1.54, 1.807) is 0 Å². The summed E-state index contributed by atoms with van der Waals surface area (Å²) in [5, 5.41) is 3.63. The maximum atomic E-state index is 5.72. The number of rotatable bonds is 1. The summed E-state index contributed by atoms with van der Waals surface area (Å²) in [6.07, 6.45) is 6.66. The van der Waals surface area contributed by atoms with E-state index in [9.17, 15) is 0 Å². The van der Waals surface area contributed by atoms with Gasteiger partial charge < -0.3 is 16.0 Å². The first-order chi connectivity index (χ1) is 7.34. The number of imidazole rings is 1. The fourth-order valence-electron chi connectivity index (χ4n) is 3.03. The maximum absolute atomic E-state index is 5.72. The second kappa shape index (κ2) is 3.32. The molecule has 1 aromatic rings. The van der Waals surface area contributed by atoms with Crippen molar-refractivity contribution in [2.45, 2.75) is 37.8 Å². The third kappa shape index (κ3) is 1.32. The van der Waals surface area contributed by atoms with Gasteiger partial charge in [-0.15, -0.1) is 0 Å². The molecule has 15 heavy (non-hydrogen) atoms.